The predicted octanol–water partition coefficient (Wildman–Crippen LogP) is 3.90. The van der Waals surface area contributed by atoms with Crippen molar-refractivity contribution in [3.63, 3.8) is 0 Å². The number of thiophene rings is 1. The summed E-state index contributed by atoms with van der Waals surface area (Å²) < 4.78 is 5.27. The van der Waals surface area contributed by atoms with Crippen LogP contribution in [0.3, 0.4) is 0 Å². The minimum absolute atomic E-state index is 0.0678. The Morgan fingerprint density at radius 3 is 2.48 bits per heavy atom. The number of carboxylic acids is 1. The van der Waals surface area contributed by atoms with Gasteiger partial charge < -0.3 is 15.2 Å². The number of carbonyl (C=O) groups excluding carboxylic acids is 2. The number of esters is 1. The van der Waals surface area contributed by atoms with E-state index in [-0.39, 0.29) is 24.3 Å². The van der Waals surface area contributed by atoms with Crippen LogP contribution in [0.2, 0.25) is 0 Å². The number of nitrogens with one attached hydrogen (secondary N) is 1. The molecule has 6 nitrogen and oxygen atoms in total. The predicted molar refractivity (Wildman–Crippen MR) is 110 cm³/mol. The van der Waals surface area contributed by atoms with E-state index < -0.39 is 23.8 Å². The summed E-state index contributed by atoms with van der Waals surface area (Å²) in [6, 6.07) is 0. The molecule has 0 aliphatic heterocycles. The van der Waals surface area contributed by atoms with Crippen molar-refractivity contribution in [1.82, 2.24) is 0 Å². The molecule has 1 aromatic rings. The number of ether oxygens (including phenoxy) is 1. The third-order valence-corrected chi connectivity index (χ3v) is 7.73. The summed E-state index contributed by atoms with van der Waals surface area (Å²) in [5.74, 6) is -2.58. The number of amides is 1. The van der Waals surface area contributed by atoms with E-state index in [1.54, 1.807) is 6.92 Å². The maximum atomic E-state index is 13.2. The Morgan fingerprint density at radius 1 is 1.17 bits per heavy atom. The fourth-order valence-corrected chi connectivity index (χ4v) is 6.54. The molecule has 4 aliphatic rings. The van der Waals surface area contributed by atoms with E-state index in [0.29, 0.717) is 16.5 Å². The number of hydrogen-bond acceptors (Lipinski definition) is 5. The van der Waals surface area contributed by atoms with Crippen molar-refractivity contribution < 1.29 is 24.2 Å². The van der Waals surface area contributed by atoms with Crippen LogP contribution in [-0.2, 0) is 27.2 Å². The highest BCUT2D eigenvalue weighted by atomic mass is 32.1. The molecule has 1 fully saturated rings. The smallest absolute Gasteiger partial charge is 0.341 e. The van der Waals surface area contributed by atoms with E-state index in [4.69, 9.17) is 4.74 Å². The summed E-state index contributed by atoms with van der Waals surface area (Å²) in [6.07, 6.45) is 8.26. The molecule has 7 heteroatoms. The molecular formula is C22H27NO5S. The molecule has 1 amide bonds. The first-order valence-electron chi connectivity index (χ1n) is 10.4. The lowest BCUT2D eigenvalue weighted by atomic mass is 9.62. The first-order valence-corrected chi connectivity index (χ1v) is 11.3. The first-order chi connectivity index (χ1) is 13.9. The Labute approximate surface area is 174 Å². The SMILES string of the molecule is CCOC(=O)c1c(NC(=O)[C@H]2[C@H](C(=O)O)[C@H]3C=C[C@H]2CC3)sc2c1CC[C@H](C)C2. The van der Waals surface area contributed by atoms with Gasteiger partial charge in [0.25, 0.3) is 0 Å². The molecule has 156 valence electrons. The number of fused-ring (bicyclic) bond motifs is 3. The second kappa shape index (κ2) is 7.94. The van der Waals surface area contributed by atoms with Gasteiger partial charge in [0.2, 0.25) is 5.91 Å². The highest BCUT2D eigenvalue weighted by Gasteiger charge is 2.48. The van der Waals surface area contributed by atoms with Crippen LogP contribution in [0.15, 0.2) is 12.2 Å². The molecule has 1 aromatic heterocycles. The number of carboxylic acid groups (broad SMARTS) is 1. The molecule has 0 saturated heterocycles. The average Bonchev–Trinajstić information content (AvgIpc) is 3.04. The number of anilines is 1. The Morgan fingerprint density at radius 2 is 1.86 bits per heavy atom. The van der Waals surface area contributed by atoms with E-state index in [1.807, 2.05) is 12.2 Å². The van der Waals surface area contributed by atoms with Crippen LogP contribution in [0, 0.1) is 29.6 Å². The fourth-order valence-electron chi connectivity index (χ4n) is 5.14. The fraction of sp³-hybridized carbons (Fsp3) is 0.591. The van der Waals surface area contributed by atoms with Crippen molar-refractivity contribution in [2.24, 2.45) is 29.6 Å². The molecule has 29 heavy (non-hydrogen) atoms. The van der Waals surface area contributed by atoms with Crippen LogP contribution in [-0.4, -0.2) is 29.6 Å². The van der Waals surface area contributed by atoms with Gasteiger partial charge in [-0.1, -0.05) is 19.1 Å². The van der Waals surface area contributed by atoms with Crippen molar-refractivity contribution in [2.75, 3.05) is 11.9 Å². The first kappa shape index (κ1) is 20.1. The van der Waals surface area contributed by atoms with Gasteiger partial charge in [0.05, 0.1) is 24.0 Å². The van der Waals surface area contributed by atoms with E-state index in [0.717, 1.165) is 42.5 Å². The topological polar surface area (TPSA) is 92.7 Å². The summed E-state index contributed by atoms with van der Waals surface area (Å²) in [5, 5.41) is 13.2. The molecule has 0 radical (unpaired) electrons. The van der Waals surface area contributed by atoms with Crippen LogP contribution in [0.1, 0.15) is 53.9 Å². The van der Waals surface area contributed by atoms with Gasteiger partial charge in [-0.3, -0.25) is 9.59 Å². The molecule has 2 N–H and O–H groups in total. The molecule has 0 spiro atoms. The minimum atomic E-state index is -0.922. The molecule has 2 bridgehead atoms. The number of carbonyl (C=O) groups is 3. The maximum absolute atomic E-state index is 13.2. The van der Waals surface area contributed by atoms with Crippen molar-refractivity contribution in [3.05, 3.63) is 28.2 Å². The van der Waals surface area contributed by atoms with Crippen molar-refractivity contribution in [1.29, 1.82) is 0 Å². The van der Waals surface area contributed by atoms with Crippen LogP contribution >= 0.6 is 11.3 Å². The van der Waals surface area contributed by atoms with E-state index >= 15 is 0 Å². The highest BCUT2D eigenvalue weighted by molar-refractivity contribution is 7.17. The van der Waals surface area contributed by atoms with Crippen molar-refractivity contribution >= 4 is 34.2 Å². The van der Waals surface area contributed by atoms with Crippen molar-refractivity contribution in [3.8, 4) is 0 Å². The number of aliphatic carboxylic acids is 1. The Balaban J connectivity index is 1.65. The van der Waals surface area contributed by atoms with Gasteiger partial charge in [-0.25, -0.2) is 4.79 Å². The third kappa shape index (κ3) is 3.61. The minimum Gasteiger partial charge on any atom is -0.481 e. The van der Waals surface area contributed by atoms with Crippen LogP contribution in [0.25, 0.3) is 0 Å². The molecular weight excluding hydrogens is 390 g/mol. The van der Waals surface area contributed by atoms with Gasteiger partial charge in [-0.05, 0) is 62.3 Å². The number of rotatable bonds is 5. The summed E-state index contributed by atoms with van der Waals surface area (Å²) in [6.45, 7) is 4.22. The van der Waals surface area contributed by atoms with Crippen LogP contribution in [0.4, 0.5) is 5.00 Å². The lowest BCUT2D eigenvalue weighted by Crippen LogP contribution is -2.47. The summed E-state index contributed by atoms with van der Waals surface area (Å²) in [5.41, 5.74) is 1.46. The second-order valence-electron chi connectivity index (χ2n) is 8.45. The Bertz CT molecular complexity index is 873. The summed E-state index contributed by atoms with van der Waals surface area (Å²) >= 11 is 1.44. The standard InChI is InChI=1S/C22H27NO5S/c1-3-28-22(27)18-14-9-4-11(2)10-15(14)29-20(18)23-19(24)16-12-5-7-13(8-6-12)17(16)21(25)26/h5,7,11-13,16-17H,3-4,6,8-10H2,1-2H3,(H,23,24)(H,25,26)/t11-,12-,13-,16+,17+/m0/s1. The molecule has 1 saturated carbocycles. The highest BCUT2D eigenvalue weighted by Crippen LogP contribution is 2.46. The quantitative estimate of drug-likeness (QED) is 0.560. The maximum Gasteiger partial charge on any atom is 0.341 e. The normalized spacial score (nSPS) is 29.9. The lowest BCUT2D eigenvalue weighted by molar-refractivity contribution is -0.151. The number of hydrogen-bond donors (Lipinski definition) is 2. The zero-order valence-corrected chi connectivity index (χ0v) is 17.6. The van der Waals surface area contributed by atoms with Crippen LogP contribution < -0.4 is 5.32 Å². The van der Waals surface area contributed by atoms with E-state index in [9.17, 15) is 19.5 Å². The molecule has 5 rings (SSSR count). The van der Waals surface area contributed by atoms with Crippen molar-refractivity contribution in [2.45, 2.75) is 46.0 Å². The van der Waals surface area contributed by atoms with Gasteiger partial charge in [0.15, 0.2) is 0 Å². The summed E-state index contributed by atoms with van der Waals surface area (Å²) in [4.78, 5) is 38.9. The van der Waals surface area contributed by atoms with Gasteiger partial charge in [-0.15, -0.1) is 11.3 Å². The lowest BCUT2D eigenvalue weighted by Gasteiger charge is -2.41. The zero-order chi connectivity index (χ0) is 20.7. The van der Waals surface area contributed by atoms with E-state index in [1.165, 1.54) is 11.3 Å². The monoisotopic (exact) mass is 417 g/mol. The molecule has 0 aromatic carbocycles. The summed E-state index contributed by atoms with van der Waals surface area (Å²) in [7, 11) is 0. The third-order valence-electron chi connectivity index (χ3n) is 6.56. The molecule has 1 heterocycles. The Kier molecular flexibility index (Phi) is 5.51. The van der Waals surface area contributed by atoms with E-state index in [2.05, 4.69) is 12.2 Å². The Hall–Kier alpha value is -2.15. The molecule has 0 unspecified atom stereocenters. The van der Waals surface area contributed by atoms with Gasteiger partial charge in [0, 0.05) is 4.88 Å². The zero-order valence-electron chi connectivity index (χ0n) is 16.8. The molecule has 5 atom stereocenters. The van der Waals surface area contributed by atoms with Crippen LogP contribution in [0.5, 0.6) is 0 Å². The van der Waals surface area contributed by atoms with Gasteiger partial charge in [0.1, 0.15) is 5.00 Å². The molecule has 4 aliphatic carbocycles. The number of allylic oxidation sites excluding steroid dienone is 2. The average molecular weight is 418 g/mol. The largest absolute Gasteiger partial charge is 0.481 e. The van der Waals surface area contributed by atoms with Gasteiger partial charge in [-0.2, -0.15) is 0 Å². The van der Waals surface area contributed by atoms with Gasteiger partial charge >= 0.3 is 11.9 Å². The second-order valence-corrected chi connectivity index (χ2v) is 9.55.